The first-order chi connectivity index (χ1) is 7.69. The number of nitrogens with zero attached hydrogens (tertiary/aromatic N) is 4. The van der Waals surface area contributed by atoms with Crippen LogP contribution < -0.4 is 5.73 Å². The molecule has 0 saturated heterocycles. The predicted molar refractivity (Wildman–Crippen MR) is 61.8 cm³/mol. The van der Waals surface area contributed by atoms with Crippen LogP contribution in [0.25, 0.3) is 0 Å². The fourth-order valence-corrected chi connectivity index (χ4v) is 1.63. The molecule has 2 rings (SSSR count). The van der Waals surface area contributed by atoms with Crippen LogP contribution in [0.3, 0.4) is 0 Å². The SMILES string of the molecule is CCC(N)c1cnn(Cc2cnn(C)c2)c1. The van der Waals surface area contributed by atoms with Crippen LogP contribution >= 0.6 is 0 Å². The van der Waals surface area contributed by atoms with Crippen molar-refractivity contribution < 1.29 is 0 Å². The van der Waals surface area contributed by atoms with Gasteiger partial charge in [-0.2, -0.15) is 10.2 Å². The lowest BCUT2D eigenvalue weighted by atomic mass is 10.1. The lowest BCUT2D eigenvalue weighted by Gasteiger charge is -2.03. The van der Waals surface area contributed by atoms with Gasteiger partial charge in [0.2, 0.25) is 0 Å². The van der Waals surface area contributed by atoms with Crippen LogP contribution in [0.15, 0.2) is 24.8 Å². The van der Waals surface area contributed by atoms with Crippen molar-refractivity contribution in [2.75, 3.05) is 0 Å². The quantitative estimate of drug-likeness (QED) is 0.836. The summed E-state index contributed by atoms with van der Waals surface area (Å²) in [5.41, 5.74) is 8.17. The van der Waals surface area contributed by atoms with Crippen LogP contribution in [0.4, 0.5) is 0 Å². The molecule has 2 aromatic rings. The van der Waals surface area contributed by atoms with E-state index in [1.54, 1.807) is 4.68 Å². The molecule has 0 aliphatic carbocycles. The monoisotopic (exact) mass is 219 g/mol. The molecule has 1 unspecified atom stereocenters. The molecule has 2 heterocycles. The molecule has 0 fully saturated rings. The molecule has 86 valence electrons. The highest BCUT2D eigenvalue weighted by molar-refractivity contribution is 5.11. The molecule has 0 aliphatic rings. The molecule has 0 bridgehead atoms. The topological polar surface area (TPSA) is 61.7 Å². The number of hydrogen-bond donors (Lipinski definition) is 1. The first-order valence-corrected chi connectivity index (χ1v) is 5.44. The molecule has 2 N–H and O–H groups in total. The van der Waals surface area contributed by atoms with Gasteiger partial charge in [-0.05, 0) is 6.42 Å². The van der Waals surface area contributed by atoms with Gasteiger partial charge in [-0.1, -0.05) is 6.92 Å². The van der Waals surface area contributed by atoms with E-state index < -0.39 is 0 Å². The fraction of sp³-hybridized carbons (Fsp3) is 0.455. The van der Waals surface area contributed by atoms with E-state index in [2.05, 4.69) is 17.1 Å². The third-order valence-electron chi connectivity index (χ3n) is 2.62. The Morgan fingerprint density at radius 1 is 1.31 bits per heavy atom. The van der Waals surface area contributed by atoms with Crippen molar-refractivity contribution in [2.45, 2.75) is 25.9 Å². The Labute approximate surface area is 94.9 Å². The fourth-order valence-electron chi connectivity index (χ4n) is 1.63. The first kappa shape index (κ1) is 10.9. The lowest BCUT2D eigenvalue weighted by Crippen LogP contribution is -2.07. The zero-order valence-corrected chi connectivity index (χ0v) is 9.67. The Morgan fingerprint density at radius 2 is 2.12 bits per heavy atom. The Kier molecular flexibility index (Phi) is 3.05. The van der Waals surface area contributed by atoms with E-state index in [1.807, 2.05) is 36.5 Å². The van der Waals surface area contributed by atoms with Gasteiger partial charge in [0.15, 0.2) is 0 Å². The molecule has 0 radical (unpaired) electrons. The molecule has 0 aliphatic heterocycles. The number of hydrogen-bond acceptors (Lipinski definition) is 3. The summed E-state index contributed by atoms with van der Waals surface area (Å²) in [6, 6.07) is 0.0858. The van der Waals surface area contributed by atoms with Crippen molar-refractivity contribution in [3.8, 4) is 0 Å². The number of rotatable bonds is 4. The van der Waals surface area contributed by atoms with Crippen LogP contribution in [-0.4, -0.2) is 19.6 Å². The minimum Gasteiger partial charge on any atom is -0.324 e. The minimum absolute atomic E-state index is 0.0858. The molecule has 0 saturated carbocycles. The summed E-state index contributed by atoms with van der Waals surface area (Å²) >= 11 is 0. The van der Waals surface area contributed by atoms with Gasteiger partial charge in [0.1, 0.15) is 0 Å². The molecular weight excluding hydrogens is 202 g/mol. The smallest absolute Gasteiger partial charge is 0.0690 e. The molecule has 0 spiro atoms. The van der Waals surface area contributed by atoms with Crippen molar-refractivity contribution in [1.29, 1.82) is 0 Å². The average molecular weight is 219 g/mol. The molecule has 5 heteroatoms. The third kappa shape index (κ3) is 2.30. The maximum atomic E-state index is 5.94. The summed E-state index contributed by atoms with van der Waals surface area (Å²) in [5, 5.41) is 8.41. The van der Waals surface area contributed by atoms with E-state index >= 15 is 0 Å². The molecule has 5 nitrogen and oxygen atoms in total. The zero-order chi connectivity index (χ0) is 11.5. The second-order valence-electron chi connectivity index (χ2n) is 4.01. The number of nitrogens with two attached hydrogens (primary N) is 1. The van der Waals surface area contributed by atoms with Gasteiger partial charge in [-0.25, -0.2) is 0 Å². The van der Waals surface area contributed by atoms with E-state index in [0.717, 1.165) is 24.1 Å². The van der Waals surface area contributed by atoms with E-state index in [9.17, 15) is 0 Å². The van der Waals surface area contributed by atoms with E-state index in [1.165, 1.54) is 0 Å². The van der Waals surface area contributed by atoms with E-state index in [4.69, 9.17) is 5.73 Å². The van der Waals surface area contributed by atoms with Crippen LogP contribution in [0, 0.1) is 0 Å². The van der Waals surface area contributed by atoms with Crippen molar-refractivity contribution in [3.05, 3.63) is 35.9 Å². The van der Waals surface area contributed by atoms with Crippen molar-refractivity contribution in [1.82, 2.24) is 19.6 Å². The van der Waals surface area contributed by atoms with Crippen LogP contribution in [0.5, 0.6) is 0 Å². The number of aryl methyl sites for hydroxylation is 1. The summed E-state index contributed by atoms with van der Waals surface area (Å²) in [4.78, 5) is 0. The normalized spacial score (nSPS) is 12.9. The molecular formula is C11H17N5. The second-order valence-corrected chi connectivity index (χ2v) is 4.01. The highest BCUT2D eigenvalue weighted by Crippen LogP contribution is 2.12. The van der Waals surface area contributed by atoms with Crippen LogP contribution in [0.1, 0.15) is 30.5 Å². The van der Waals surface area contributed by atoms with Crippen molar-refractivity contribution >= 4 is 0 Å². The number of aromatic nitrogens is 4. The van der Waals surface area contributed by atoms with Gasteiger partial charge in [0.25, 0.3) is 0 Å². The average Bonchev–Trinajstić information content (AvgIpc) is 2.87. The zero-order valence-electron chi connectivity index (χ0n) is 9.67. The summed E-state index contributed by atoms with van der Waals surface area (Å²) in [7, 11) is 1.91. The minimum atomic E-state index is 0.0858. The molecule has 0 amide bonds. The lowest BCUT2D eigenvalue weighted by molar-refractivity contribution is 0.674. The Morgan fingerprint density at radius 3 is 2.75 bits per heavy atom. The van der Waals surface area contributed by atoms with E-state index in [0.29, 0.717) is 0 Å². The summed E-state index contributed by atoms with van der Waals surface area (Å²) < 4.78 is 3.68. The second kappa shape index (κ2) is 4.49. The van der Waals surface area contributed by atoms with Gasteiger partial charge < -0.3 is 5.73 Å². The van der Waals surface area contributed by atoms with Gasteiger partial charge in [0, 0.05) is 36.6 Å². The van der Waals surface area contributed by atoms with Gasteiger partial charge in [-0.3, -0.25) is 9.36 Å². The predicted octanol–water partition coefficient (Wildman–Crippen LogP) is 1.07. The molecule has 1 atom stereocenters. The molecule has 16 heavy (non-hydrogen) atoms. The van der Waals surface area contributed by atoms with Gasteiger partial charge in [0.05, 0.1) is 18.9 Å². The van der Waals surface area contributed by atoms with Crippen LogP contribution in [0.2, 0.25) is 0 Å². The largest absolute Gasteiger partial charge is 0.324 e. The Hall–Kier alpha value is -1.62. The van der Waals surface area contributed by atoms with Crippen molar-refractivity contribution in [2.24, 2.45) is 12.8 Å². The highest BCUT2D eigenvalue weighted by atomic mass is 15.3. The first-order valence-electron chi connectivity index (χ1n) is 5.44. The summed E-state index contributed by atoms with van der Waals surface area (Å²) in [6.07, 6.45) is 8.60. The molecule has 0 aromatic carbocycles. The summed E-state index contributed by atoms with van der Waals surface area (Å²) in [5.74, 6) is 0. The van der Waals surface area contributed by atoms with E-state index in [-0.39, 0.29) is 6.04 Å². The standard InChI is InChI=1S/C11H17N5/c1-3-11(12)10-5-14-16(8-10)7-9-4-13-15(2)6-9/h4-6,8,11H,3,7,12H2,1-2H3. The summed E-state index contributed by atoms with van der Waals surface area (Å²) in [6.45, 7) is 2.81. The van der Waals surface area contributed by atoms with Gasteiger partial charge in [-0.15, -0.1) is 0 Å². The van der Waals surface area contributed by atoms with Crippen LogP contribution in [-0.2, 0) is 13.6 Å². The third-order valence-corrected chi connectivity index (χ3v) is 2.62. The van der Waals surface area contributed by atoms with Crippen molar-refractivity contribution in [3.63, 3.8) is 0 Å². The molecule has 2 aromatic heterocycles. The maximum absolute atomic E-state index is 5.94. The Balaban J connectivity index is 2.08. The maximum Gasteiger partial charge on any atom is 0.0690 e. The van der Waals surface area contributed by atoms with Gasteiger partial charge >= 0.3 is 0 Å². The Bertz CT molecular complexity index is 456. The highest BCUT2D eigenvalue weighted by Gasteiger charge is 2.06.